The molecule has 0 spiro atoms. The van der Waals surface area contributed by atoms with Gasteiger partial charge in [0.1, 0.15) is 0 Å². The number of para-hydroxylation sites is 2. The van der Waals surface area contributed by atoms with Crippen LogP contribution in [0.3, 0.4) is 0 Å². The Morgan fingerprint density at radius 3 is 2.46 bits per heavy atom. The Morgan fingerprint density at radius 1 is 1.08 bits per heavy atom. The molecule has 0 aliphatic rings. The number of fused-ring (bicyclic) bond motifs is 1. The summed E-state index contributed by atoms with van der Waals surface area (Å²) in [5.74, 6) is 0.913. The number of benzene rings is 2. The molecule has 0 unspecified atom stereocenters. The summed E-state index contributed by atoms with van der Waals surface area (Å²) in [4.78, 5) is 22.0. The van der Waals surface area contributed by atoms with Crippen molar-refractivity contribution < 1.29 is 4.79 Å². The van der Waals surface area contributed by atoms with E-state index in [0.29, 0.717) is 0 Å². The van der Waals surface area contributed by atoms with Crippen molar-refractivity contribution in [3.05, 3.63) is 59.7 Å². The minimum atomic E-state index is 0.0940. The topological polar surface area (TPSA) is 49.0 Å². The van der Waals surface area contributed by atoms with Gasteiger partial charge in [-0.2, -0.15) is 0 Å². The molecule has 0 bridgehead atoms. The average molecular weight is 339 g/mol. The number of nitrogens with zero attached hydrogens (tertiary/aromatic N) is 2. The highest BCUT2D eigenvalue weighted by molar-refractivity contribution is 7.98. The normalized spacial score (nSPS) is 10.9. The molecular weight excluding hydrogens is 318 g/mol. The van der Waals surface area contributed by atoms with Gasteiger partial charge in [-0.15, -0.1) is 0 Å². The van der Waals surface area contributed by atoms with Gasteiger partial charge in [0, 0.05) is 24.4 Å². The number of carbonyl (C=O) groups excluding carboxylic acids is 1. The molecular formula is C19H21N3OS. The molecule has 24 heavy (non-hydrogen) atoms. The molecule has 2 aromatic carbocycles. The number of imidazole rings is 1. The van der Waals surface area contributed by atoms with Crippen molar-refractivity contribution in [3.8, 4) is 0 Å². The van der Waals surface area contributed by atoms with Gasteiger partial charge in [0.05, 0.1) is 11.0 Å². The van der Waals surface area contributed by atoms with E-state index in [1.807, 2.05) is 67.3 Å². The SMILES string of the molecule is CCN(CC)C(=O)c1ccc(CSc2nc3ccccc3[nH]2)cc1. The van der Waals surface area contributed by atoms with Crippen LogP contribution in [-0.4, -0.2) is 33.9 Å². The maximum absolute atomic E-state index is 12.3. The Labute approximate surface area is 146 Å². The van der Waals surface area contributed by atoms with Gasteiger partial charge in [-0.1, -0.05) is 36.0 Å². The fraction of sp³-hybridized carbons (Fsp3) is 0.263. The fourth-order valence-corrected chi connectivity index (χ4v) is 3.43. The van der Waals surface area contributed by atoms with Crippen LogP contribution in [0.25, 0.3) is 11.0 Å². The van der Waals surface area contributed by atoms with Gasteiger partial charge in [-0.3, -0.25) is 4.79 Å². The lowest BCUT2D eigenvalue weighted by molar-refractivity contribution is 0.0773. The van der Waals surface area contributed by atoms with Crippen LogP contribution in [-0.2, 0) is 5.75 Å². The molecule has 0 aliphatic carbocycles. The smallest absolute Gasteiger partial charge is 0.253 e. The van der Waals surface area contributed by atoms with Crippen LogP contribution in [0.15, 0.2) is 53.7 Å². The van der Waals surface area contributed by atoms with Crippen LogP contribution in [0, 0.1) is 0 Å². The van der Waals surface area contributed by atoms with E-state index in [2.05, 4.69) is 9.97 Å². The summed E-state index contributed by atoms with van der Waals surface area (Å²) >= 11 is 1.67. The van der Waals surface area contributed by atoms with E-state index in [1.165, 1.54) is 5.56 Å². The van der Waals surface area contributed by atoms with Crippen molar-refractivity contribution in [1.29, 1.82) is 0 Å². The molecule has 0 fully saturated rings. The number of thioether (sulfide) groups is 1. The third-order valence-electron chi connectivity index (χ3n) is 3.99. The zero-order chi connectivity index (χ0) is 16.9. The van der Waals surface area contributed by atoms with Gasteiger partial charge in [0.25, 0.3) is 5.91 Å². The lowest BCUT2D eigenvalue weighted by Gasteiger charge is -2.18. The Bertz CT molecular complexity index is 789. The number of H-pyrrole nitrogens is 1. The molecule has 3 aromatic rings. The molecule has 1 amide bonds. The number of aromatic amines is 1. The van der Waals surface area contributed by atoms with Crippen LogP contribution < -0.4 is 0 Å². The molecule has 0 atom stereocenters. The fourth-order valence-electron chi connectivity index (χ4n) is 2.59. The second-order valence-corrected chi connectivity index (χ2v) is 6.49. The minimum absolute atomic E-state index is 0.0940. The zero-order valence-electron chi connectivity index (χ0n) is 14.0. The summed E-state index contributed by atoms with van der Waals surface area (Å²) in [6.45, 7) is 5.47. The third kappa shape index (κ3) is 3.62. The molecule has 1 heterocycles. The van der Waals surface area contributed by atoms with Crippen molar-refractivity contribution in [1.82, 2.24) is 14.9 Å². The summed E-state index contributed by atoms with van der Waals surface area (Å²) in [5, 5.41) is 0.916. The van der Waals surface area contributed by atoms with Gasteiger partial charge >= 0.3 is 0 Å². The number of amides is 1. The first-order valence-electron chi connectivity index (χ1n) is 8.17. The highest BCUT2D eigenvalue weighted by Crippen LogP contribution is 2.23. The molecule has 3 rings (SSSR count). The van der Waals surface area contributed by atoms with Crippen LogP contribution >= 0.6 is 11.8 Å². The summed E-state index contributed by atoms with van der Waals surface area (Å²) in [7, 11) is 0. The molecule has 0 saturated heterocycles. The van der Waals surface area contributed by atoms with Crippen LogP contribution in [0.5, 0.6) is 0 Å². The molecule has 4 nitrogen and oxygen atoms in total. The van der Waals surface area contributed by atoms with Crippen LogP contribution in [0.1, 0.15) is 29.8 Å². The minimum Gasteiger partial charge on any atom is -0.339 e. The number of hydrogen-bond acceptors (Lipinski definition) is 3. The Kier molecular flexibility index (Phi) is 5.20. The largest absolute Gasteiger partial charge is 0.339 e. The summed E-state index contributed by atoms with van der Waals surface area (Å²) < 4.78 is 0. The van der Waals surface area contributed by atoms with Gasteiger partial charge in [0.15, 0.2) is 5.16 Å². The lowest BCUT2D eigenvalue weighted by Crippen LogP contribution is -2.30. The van der Waals surface area contributed by atoms with E-state index < -0.39 is 0 Å². The van der Waals surface area contributed by atoms with Crippen molar-refractivity contribution in [2.75, 3.05) is 13.1 Å². The molecule has 1 aromatic heterocycles. The average Bonchev–Trinajstić information content (AvgIpc) is 3.04. The van der Waals surface area contributed by atoms with Crippen molar-refractivity contribution in [2.45, 2.75) is 24.8 Å². The molecule has 5 heteroatoms. The van der Waals surface area contributed by atoms with E-state index in [0.717, 1.165) is 40.6 Å². The molecule has 0 saturated carbocycles. The van der Waals surface area contributed by atoms with E-state index >= 15 is 0 Å². The van der Waals surface area contributed by atoms with Crippen molar-refractivity contribution >= 4 is 28.7 Å². The monoisotopic (exact) mass is 339 g/mol. The summed E-state index contributed by atoms with van der Waals surface area (Å²) in [6, 6.07) is 15.9. The van der Waals surface area contributed by atoms with E-state index in [4.69, 9.17) is 0 Å². The van der Waals surface area contributed by atoms with Gasteiger partial charge in [0.2, 0.25) is 0 Å². The number of hydrogen-bond donors (Lipinski definition) is 1. The third-order valence-corrected chi connectivity index (χ3v) is 4.94. The Balaban J connectivity index is 1.64. The van der Waals surface area contributed by atoms with Gasteiger partial charge < -0.3 is 9.88 Å². The standard InChI is InChI=1S/C19H21N3OS/c1-3-22(4-2)18(23)15-11-9-14(10-12-15)13-24-19-20-16-7-5-6-8-17(16)21-19/h5-12H,3-4,13H2,1-2H3,(H,20,21). The van der Waals surface area contributed by atoms with Gasteiger partial charge in [-0.25, -0.2) is 4.98 Å². The van der Waals surface area contributed by atoms with Crippen molar-refractivity contribution in [3.63, 3.8) is 0 Å². The lowest BCUT2D eigenvalue weighted by atomic mass is 10.1. The van der Waals surface area contributed by atoms with E-state index in [9.17, 15) is 4.79 Å². The molecule has 0 aliphatic heterocycles. The number of nitrogens with one attached hydrogen (secondary N) is 1. The number of carbonyl (C=O) groups is 1. The maximum atomic E-state index is 12.3. The van der Waals surface area contributed by atoms with E-state index in [1.54, 1.807) is 11.8 Å². The quantitative estimate of drug-likeness (QED) is 0.680. The first-order valence-corrected chi connectivity index (χ1v) is 9.15. The molecule has 1 N–H and O–H groups in total. The Hall–Kier alpha value is -2.27. The maximum Gasteiger partial charge on any atom is 0.253 e. The van der Waals surface area contributed by atoms with Crippen molar-refractivity contribution in [2.24, 2.45) is 0 Å². The highest BCUT2D eigenvalue weighted by atomic mass is 32.2. The molecule has 124 valence electrons. The van der Waals surface area contributed by atoms with E-state index in [-0.39, 0.29) is 5.91 Å². The number of aromatic nitrogens is 2. The predicted octanol–water partition coefficient (Wildman–Crippen LogP) is 4.34. The summed E-state index contributed by atoms with van der Waals surface area (Å²) in [5.41, 5.74) is 3.97. The summed E-state index contributed by atoms with van der Waals surface area (Å²) in [6.07, 6.45) is 0. The first kappa shape index (κ1) is 16.6. The van der Waals surface area contributed by atoms with Crippen LogP contribution in [0.4, 0.5) is 0 Å². The molecule has 0 radical (unpaired) electrons. The highest BCUT2D eigenvalue weighted by Gasteiger charge is 2.12. The van der Waals surface area contributed by atoms with Gasteiger partial charge in [-0.05, 0) is 43.7 Å². The first-order chi connectivity index (χ1) is 11.7. The number of rotatable bonds is 6. The second kappa shape index (κ2) is 7.53. The predicted molar refractivity (Wildman–Crippen MR) is 99.3 cm³/mol. The zero-order valence-corrected chi connectivity index (χ0v) is 14.8. The Morgan fingerprint density at radius 2 is 1.79 bits per heavy atom. The second-order valence-electron chi connectivity index (χ2n) is 5.52. The van der Waals surface area contributed by atoms with Crippen LogP contribution in [0.2, 0.25) is 0 Å².